The lowest BCUT2D eigenvalue weighted by Gasteiger charge is -2.32. The third-order valence-corrected chi connectivity index (χ3v) is 5.93. The van der Waals surface area contributed by atoms with Crippen molar-refractivity contribution in [3.05, 3.63) is 52.6 Å². The smallest absolute Gasteiger partial charge is 0.496 e. The van der Waals surface area contributed by atoms with Crippen molar-refractivity contribution in [1.82, 2.24) is 0 Å². The molecule has 2 N–H and O–H groups in total. The zero-order chi connectivity index (χ0) is 23.8. The van der Waals surface area contributed by atoms with Crippen molar-refractivity contribution in [3.63, 3.8) is 0 Å². The molecule has 0 spiro atoms. The van der Waals surface area contributed by atoms with Crippen LogP contribution in [0.1, 0.15) is 56.1 Å². The van der Waals surface area contributed by atoms with E-state index in [2.05, 4.69) is 0 Å². The molecular weight excluding hydrogens is 419 g/mol. The molecule has 1 aliphatic rings. The number of halogens is 2. The van der Waals surface area contributed by atoms with E-state index in [4.69, 9.17) is 24.5 Å². The summed E-state index contributed by atoms with van der Waals surface area (Å²) in [5.41, 5.74) is 4.98. The van der Waals surface area contributed by atoms with E-state index in [-0.39, 0.29) is 28.9 Å². The van der Waals surface area contributed by atoms with Gasteiger partial charge in [-0.3, -0.25) is 4.79 Å². The fraction of sp³-hybridized carbons (Fsp3) is 0.435. The molecule has 6 nitrogen and oxygen atoms in total. The molecule has 32 heavy (non-hydrogen) atoms. The van der Waals surface area contributed by atoms with E-state index in [9.17, 15) is 9.18 Å². The summed E-state index contributed by atoms with van der Waals surface area (Å²) >= 11 is 0. The van der Waals surface area contributed by atoms with Crippen molar-refractivity contribution in [2.45, 2.75) is 52.2 Å². The number of methoxy groups -OCH3 is 1. The maximum atomic E-state index is 15.3. The van der Waals surface area contributed by atoms with Gasteiger partial charge in [0.1, 0.15) is 23.1 Å². The molecule has 0 atom stereocenters. The van der Waals surface area contributed by atoms with E-state index in [0.717, 1.165) is 6.07 Å². The lowest BCUT2D eigenvalue weighted by molar-refractivity contribution is 0.00578. The summed E-state index contributed by atoms with van der Waals surface area (Å²) in [5, 5.41) is 0. The Hall–Kier alpha value is -2.65. The molecule has 1 heterocycles. The number of carbonyl (C=O) groups excluding carboxylic acids is 1. The fourth-order valence-electron chi connectivity index (χ4n) is 3.64. The first-order valence-corrected chi connectivity index (χ1v) is 10.4. The number of benzene rings is 2. The van der Waals surface area contributed by atoms with Crippen LogP contribution in [-0.2, 0) is 15.7 Å². The quantitative estimate of drug-likeness (QED) is 0.659. The van der Waals surface area contributed by atoms with Crippen LogP contribution in [0.5, 0.6) is 11.5 Å². The Balaban J connectivity index is 2.04. The molecule has 3 rings (SSSR count). The van der Waals surface area contributed by atoms with E-state index >= 15 is 4.39 Å². The van der Waals surface area contributed by atoms with Gasteiger partial charge in [0.2, 0.25) is 0 Å². The summed E-state index contributed by atoms with van der Waals surface area (Å²) in [6.07, 6.45) is 0.0852. The molecule has 172 valence electrons. The number of ether oxygens (including phenoxy) is 2. The Morgan fingerprint density at radius 2 is 1.72 bits per heavy atom. The lowest BCUT2D eigenvalue weighted by Crippen LogP contribution is -2.41. The third kappa shape index (κ3) is 4.45. The van der Waals surface area contributed by atoms with Gasteiger partial charge in [-0.2, -0.15) is 0 Å². The molecule has 0 saturated carbocycles. The summed E-state index contributed by atoms with van der Waals surface area (Å²) in [6.45, 7) is 9.61. The van der Waals surface area contributed by atoms with Gasteiger partial charge >= 0.3 is 7.12 Å². The highest BCUT2D eigenvalue weighted by Gasteiger charge is 2.53. The first-order chi connectivity index (χ1) is 14.9. The second kappa shape index (κ2) is 8.71. The van der Waals surface area contributed by atoms with Gasteiger partial charge in [-0.1, -0.05) is 0 Å². The van der Waals surface area contributed by atoms with Crippen LogP contribution in [0.25, 0.3) is 0 Å². The second-order valence-corrected chi connectivity index (χ2v) is 8.70. The predicted octanol–water partition coefficient (Wildman–Crippen LogP) is 3.36. The maximum absolute atomic E-state index is 15.3. The van der Waals surface area contributed by atoms with Crippen LogP contribution < -0.4 is 20.7 Å². The molecule has 1 aliphatic heterocycles. The molecule has 1 fully saturated rings. The number of nitrogens with two attached hydrogens (primary N) is 1. The zero-order valence-corrected chi connectivity index (χ0v) is 19.2. The van der Waals surface area contributed by atoms with E-state index in [1.54, 1.807) is 13.0 Å². The van der Waals surface area contributed by atoms with Crippen molar-refractivity contribution in [2.24, 2.45) is 5.73 Å². The van der Waals surface area contributed by atoms with Crippen molar-refractivity contribution < 1.29 is 32.4 Å². The molecule has 0 aliphatic carbocycles. The lowest BCUT2D eigenvalue weighted by atomic mass is 9.77. The van der Waals surface area contributed by atoms with Gasteiger partial charge in [-0.25, -0.2) is 8.78 Å². The molecule has 2 aromatic rings. The van der Waals surface area contributed by atoms with Gasteiger partial charge in [-0.15, -0.1) is 0 Å². The number of carbonyl (C=O) groups is 1. The summed E-state index contributed by atoms with van der Waals surface area (Å²) < 4.78 is 52.5. The van der Waals surface area contributed by atoms with Crippen molar-refractivity contribution in [2.75, 3.05) is 13.7 Å². The van der Waals surface area contributed by atoms with Crippen molar-refractivity contribution >= 4 is 18.5 Å². The average molecular weight is 447 g/mol. The minimum absolute atomic E-state index is 0.0816. The Morgan fingerprint density at radius 3 is 2.25 bits per heavy atom. The normalized spacial score (nSPS) is 16.8. The zero-order valence-electron chi connectivity index (χ0n) is 19.2. The molecule has 0 unspecified atom stereocenters. The topological polar surface area (TPSA) is 80.0 Å². The molecule has 0 aromatic heterocycles. The summed E-state index contributed by atoms with van der Waals surface area (Å²) in [5.74, 6) is -1.62. The summed E-state index contributed by atoms with van der Waals surface area (Å²) in [6, 6.07) is 5.21. The van der Waals surface area contributed by atoms with Crippen LogP contribution in [0.2, 0.25) is 0 Å². The van der Waals surface area contributed by atoms with Crippen LogP contribution in [0.3, 0.4) is 0 Å². The van der Waals surface area contributed by atoms with Gasteiger partial charge in [0.25, 0.3) is 5.91 Å². The minimum atomic E-state index is -0.944. The summed E-state index contributed by atoms with van der Waals surface area (Å²) in [4.78, 5) is 11.7. The van der Waals surface area contributed by atoms with E-state index in [0.29, 0.717) is 17.7 Å². The number of amides is 1. The SMILES string of the molecule is CCOc1cc(Cc2cc(F)cc(C(N)=O)c2OC)cc(F)c1B1OC(C)(C)C(C)(C)O1. The van der Waals surface area contributed by atoms with Crippen LogP contribution >= 0.6 is 0 Å². The van der Waals surface area contributed by atoms with E-state index in [1.165, 1.54) is 19.2 Å². The molecular formula is C23H28BF2NO5. The standard InChI is InChI=1S/C23H28BF2NO5/c1-7-30-18-10-13(8-14-11-15(25)12-16(21(27)28)20(14)29-6)9-17(26)19(18)24-31-22(2,3)23(4,5)32-24/h9-12H,7-8H2,1-6H3,(H2,27,28). The van der Waals surface area contributed by atoms with Crippen molar-refractivity contribution in [3.8, 4) is 11.5 Å². The largest absolute Gasteiger partial charge is 0.501 e. The highest BCUT2D eigenvalue weighted by molar-refractivity contribution is 6.63. The highest BCUT2D eigenvalue weighted by Crippen LogP contribution is 2.38. The molecule has 0 radical (unpaired) electrons. The predicted molar refractivity (Wildman–Crippen MR) is 118 cm³/mol. The first-order valence-electron chi connectivity index (χ1n) is 10.4. The molecule has 1 saturated heterocycles. The van der Waals surface area contributed by atoms with Crippen LogP contribution in [0.4, 0.5) is 8.78 Å². The highest BCUT2D eigenvalue weighted by atomic mass is 19.1. The Morgan fingerprint density at radius 1 is 1.09 bits per heavy atom. The molecule has 0 bridgehead atoms. The van der Waals surface area contributed by atoms with E-state index < -0.39 is 35.9 Å². The van der Waals surface area contributed by atoms with Crippen LogP contribution in [0.15, 0.2) is 24.3 Å². The van der Waals surface area contributed by atoms with Crippen LogP contribution in [0, 0.1) is 11.6 Å². The number of hydrogen-bond donors (Lipinski definition) is 1. The Kier molecular flexibility index (Phi) is 6.53. The van der Waals surface area contributed by atoms with Gasteiger partial charge in [0, 0.05) is 12.0 Å². The average Bonchev–Trinajstić information content (AvgIpc) is 2.88. The van der Waals surface area contributed by atoms with Crippen LogP contribution in [-0.4, -0.2) is 37.9 Å². The minimum Gasteiger partial charge on any atom is -0.496 e. The van der Waals surface area contributed by atoms with Gasteiger partial charge in [0.05, 0.1) is 35.9 Å². The second-order valence-electron chi connectivity index (χ2n) is 8.70. The Labute approximate surface area is 187 Å². The summed E-state index contributed by atoms with van der Waals surface area (Å²) in [7, 11) is 0.414. The fourth-order valence-corrected chi connectivity index (χ4v) is 3.64. The maximum Gasteiger partial charge on any atom is 0.501 e. The number of rotatable bonds is 7. The Bertz CT molecular complexity index is 1030. The monoisotopic (exact) mass is 447 g/mol. The van der Waals surface area contributed by atoms with Gasteiger partial charge < -0.3 is 24.5 Å². The van der Waals surface area contributed by atoms with E-state index in [1.807, 2.05) is 27.7 Å². The van der Waals surface area contributed by atoms with Gasteiger partial charge in [0.15, 0.2) is 0 Å². The van der Waals surface area contributed by atoms with Gasteiger partial charge in [-0.05, 0) is 64.4 Å². The first kappa shape index (κ1) is 24.0. The van der Waals surface area contributed by atoms with Crippen molar-refractivity contribution in [1.29, 1.82) is 0 Å². The molecule has 1 amide bonds. The molecule has 9 heteroatoms. The number of hydrogen-bond acceptors (Lipinski definition) is 5. The molecule has 2 aromatic carbocycles. The third-order valence-electron chi connectivity index (χ3n) is 5.93. The number of primary amides is 1.